The number of aryl methyl sites for hydroxylation is 1. The molecule has 0 heterocycles. The molecule has 0 aromatic heterocycles. The third kappa shape index (κ3) is 4.86. The molecule has 120 valence electrons. The second-order valence-electron chi connectivity index (χ2n) is 6.46. The number of amides is 2. The second-order valence-corrected chi connectivity index (χ2v) is 6.46. The first-order valence-corrected chi connectivity index (χ1v) is 8.09. The highest BCUT2D eigenvalue weighted by Gasteiger charge is 2.38. The van der Waals surface area contributed by atoms with Gasteiger partial charge >= 0.3 is 0 Å². The van der Waals surface area contributed by atoms with Crippen LogP contribution in [0.4, 0.5) is 0 Å². The summed E-state index contributed by atoms with van der Waals surface area (Å²) in [6.07, 6.45) is 2.14. The van der Waals surface area contributed by atoms with Crippen LogP contribution in [0.3, 0.4) is 0 Å². The lowest BCUT2D eigenvalue weighted by Crippen LogP contribution is -2.37. The van der Waals surface area contributed by atoms with Gasteiger partial charge in [-0.15, -0.1) is 0 Å². The van der Waals surface area contributed by atoms with Crippen molar-refractivity contribution in [2.75, 3.05) is 6.54 Å². The average Bonchev–Trinajstić information content (AvgIpc) is 3.18. The van der Waals surface area contributed by atoms with Crippen molar-refractivity contribution in [3.05, 3.63) is 35.4 Å². The Morgan fingerprint density at radius 2 is 2.00 bits per heavy atom. The van der Waals surface area contributed by atoms with Gasteiger partial charge in [-0.25, -0.2) is 0 Å². The Hall–Kier alpha value is -1.84. The van der Waals surface area contributed by atoms with E-state index in [4.69, 9.17) is 0 Å². The molecule has 2 N–H and O–H groups in total. The van der Waals surface area contributed by atoms with E-state index in [1.54, 1.807) is 0 Å². The van der Waals surface area contributed by atoms with Gasteiger partial charge in [0.15, 0.2) is 0 Å². The molecule has 4 heteroatoms. The normalized spacial score (nSPS) is 21.0. The Balaban J connectivity index is 1.66. The number of carbonyl (C=O) groups is 2. The predicted octanol–water partition coefficient (Wildman–Crippen LogP) is 2.20. The number of carbonyl (C=O) groups excluding carboxylic acids is 2. The third-order valence-corrected chi connectivity index (χ3v) is 4.29. The monoisotopic (exact) mass is 302 g/mol. The van der Waals surface area contributed by atoms with Gasteiger partial charge in [0, 0.05) is 24.9 Å². The van der Waals surface area contributed by atoms with Crippen LogP contribution in [0.15, 0.2) is 24.3 Å². The Morgan fingerprint density at radius 3 is 2.64 bits per heavy atom. The molecule has 22 heavy (non-hydrogen) atoms. The SMILES string of the molecule is Cc1ccccc1C[C@H](C)NC(=O)CCNC(=O)[C@@H]1C[C@@H]1C. The van der Waals surface area contributed by atoms with Gasteiger partial charge in [0.1, 0.15) is 0 Å². The smallest absolute Gasteiger partial charge is 0.223 e. The Kier molecular flexibility index (Phi) is 5.58. The zero-order valence-electron chi connectivity index (χ0n) is 13.7. The molecule has 1 fully saturated rings. The van der Waals surface area contributed by atoms with E-state index in [0.717, 1.165) is 12.8 Å². The van der Waals surface area contributed by atoms with E-state index in [1.807, 2.05) is 19.1 Å². The lowest BCUT2D eigenvalue weighted by molar-refractivity contribution is -0.123. The van der Waals surface area contributed by atoms with E-state index >= 15 is 0 Å². The molecule has 1 aromatic rings. The minimum absolute atomic E-state index is 0.00905. The summed E-state index contributed by atoms with van der Waals surface area (Å²) in [6, 6.07) is 8.30. The zero-order valence-corrected chi connectivity index (χ0v) is 13.7. The van der Waals surface area contributed by atoms with Crippen molar-refractivity contribution in [3.63, 3.8) is 0 Å². The maximum Gasteiger partial charge on any atom is 0.223 e. The van der Waals surface area contributed by atoms with Crippen LogP contribution in [0, 0.1) is 18.8 Å². The van der Waals surface area contributed by atoms with E-state index in [9.17, 15) is 9.59 Å². The minimum Gasteiger partial charge on any atom is -0.355 e. The van der Waals surface area contributed by atoms with E-state index in [2.05, 4.69) is 36.6 Å². The van der Waals surface area contributed by atoms with Gasteiger partial charge in [0.25, 0.3) is 0 Å². The summed E-state index contributed by atoms with van der Waals surface area (Å²) in [6.45, 7) is 6.59. The van der Waals surface area contributed by atoms with Crippen LogP contribution in [0.5, 0.6) is 0 Å². The van der Waals surface area contributed by atoms with Gasteiger partial charge in [-0.1, -0.05) is 31.2 Å². The number of hydrogen-bond donors (Lipinski definition) is 2. The van der Waals surface area contributed by atoms with E-state index < -0.39 is 0 Å². The molecule has 2 amide bonds. The summed E-state index contributed by atoms with van der Waals surface area (Å²) in [5.74, 6) is 0.754. The molecule has 0 bridgehead atoms. The largest absolute Gasteiger partial charge is 0.355 e. The summed E-state index contributed by atoms with van der Waals surface area (Å²) in [5, 5.41) is 5.83. The van der Waals surface area contributed by atoms with E-state index in [-0.39, 0.29) is 23.8 Å². The number of nitrogens with one attached hydrogen (secondary N) is 2. The quantitative estimate of drug-likeness (QED) is 0.811. The molecule has 1 aliphatic rings. The minimum atomic E-state index is -0.00905. The Bertz CT molecular complexity index is 542. The first-order chi connectivity index (χ1) is 10.5. The Morgan fingerprint density at radius 1 is 1.32 bits per heavy atom. The van der Waals surface area contributed by atoms with E-state index in [0.29, 0.717) is 18.9 Å². The van der Waals surface area contributed by atoms with Crippen molar-refractivity contribution in [2.24, 2.45) is 11.8 Å². The van der Waals surface area contributed by atoms with Crippen molar-refractivity contribution in [2.45, 2.75) is 46.1 Å². The first-order valence-electron chi connectivity index (χ1n) is 8.09. The summed E-state index contributed by atoms with van der Waals surface area (Å²) in [4.78, 5) is 23.6. The second kappa shape index (κ2) is 7.43. The molecular formula is C18H26N2O2. The standard InChI is InChI=1S/C18H26N2O2/c1-12-6-4-5-7-15(12)11-14(3)20-17(21)8-9-19-18(22)16-10-13(16)2/h4-7,13-14,16H,8-11H2,1-3H3,(H,19,22)(H,20,21)/t13-,14-,16+/m0/s1. The molecule has 0 unspecified atom stereocenters. The summed E-state index contributed by atoms with van der Waals surface area (Å²) < 4.78 is 0. The molecule has 1 aliphatic carbocycles. The fraction of sp³-hybridized carbons (Fsp3) is 0.556. The summed E-state index contributed by atoms with van der Waals surface area (Å²) >= 11 is 0. The van der Waals surface area contributed by atoms with Crippen molar-refractivity contribution in [1.29, 1.82) is 0 Å². The topological polar surface area (TPSA) is 58.2 Å². The number of rotatable bonds is 7. The van der Waals surface area contributed by atoms with Crippen LogP contribution in [-0.2, 0) is 16.0 Å². The maximum absolute atomic E-state index is 11.9. The van der Waals surface area contributed by atoms with Gasteiger partial charge in [0.2, 0.25) is 11.8 Å². The van der Waals surface area contributed by atoms with Crippen molar-refractivity contribution in [3.8, 4) is 0 Å². The molecular weight excluding hydrogens is 276 g/mol. The highest BCUT2D eigenvalue weighted by Crippen LogP contribution is 2.37. The molecule has 0 radical (unpaired) electrons. The third-order valence-electron chi connectivity index (χ3n) is 4.29. The van der Waals surface area contributed by atoms with Gasteiger partial charge < -0.3 is 10.6 Å². The highest BCUT2D eigenvalue weighted by molar-refractivity contribution is 5.82. The lowest BCUT2D eigenvalue weighted by Gasteiger charge is -2.15. The molecule has 0 saturated heterocycles. The maximum atomic E-state index is 11.9. The molecule has 1 aromatic carbocycles. The molecule has 2 rings (SSSR count). The molecule has 4 nitrogen and oxygen atoms in total. The van der Waals surface area contributed by atoms with Crippen LogP contribution in [0.2, 0.25) is 0 Å². The van der Waals surface area contributed by atoms with Crippen molar-refractivity contribution >= 4 is 11.8 Å². The van der Waals surface area contributed by atoms with Gasteiger partial charge in [-0.05, 0) is 43.7 Å². The van der Waals surface area contributed by atoms with Crippen LogP contribution < -0.4 is 10.6 Å². The van der Waals surface area contributed by atoms with Crippen LogP contribution in [-0.4, -0.2) is 24.4 Å². The van der Waals surface area contributed by atoms with Crippen molar-refractivity contribution in [1.82, 2.24) is 10.6 Å². The van der Waals surface area contributed by atoms with Gasteiger partial charge in [0.05, 0.1) is 0 Å². The average molecular weight is 302 g/mol. The van der Waals surface area contributed by atoms with Crippen LogP contribution in [0.1, 0.15) is 37.8 Å². The first kappa shape index (κ1) is 16.5. The fourth-order valence-corrected chi connectivity index (χ4v) is 2.68. The van der Waals surface area contributed by atoms with Crippen molar-refractivity contribution < 1.29 is 9.59 Å². The number of benzene rings is 1. The number of hydrogen-bond acceptors (Lipinski definition) is 2. The summed E-state index contributed by atoms with van der Waals surface area (Å²) in [5.41, 5.74) is 2.50. The molecule has 1 saturated carbocycles. The predicted molar refractivity (Wildman–Crippen MR) is 87.4 cm³/mol. The molecule has 0 aliphatic heterocycles. The Labute approximate surface area is 132 Å². The highest BCUT2D eigenvalue weighted by atomic mass is 16.2. The van der Waals surface area contributed by atoms with Crippen LogP contribution >= 0.6 is 0 Å². The summed E-state index contributed by atoms with van der Waals surface area (Å²) in [7, 11) is 0. The molecule has 3 atom stereocenters. The fourth-order valence-electron chi connectivity index (χ4n) is 2.68. The lowest BCUT2D eigenvalue weighted by atomic mass is 10.0. The van der Waals surface area contributed by atoms with Crippen LogP contribution in [0.25, 0.3) is 0 Å². The zero-order chi connectivity index (χ0) is 16.1. The van der Waals surface area contributed by atoms with Gasteiger partial charge in [-0.3, -0.25) is 9.59 Å². The van der Waals surface area contributed by atoms with E-state index in [1.165, 1.54) is 11.1 Å². The van der Waals surface area contributed by atoms with Gasteiger partial charge in [-0.2, -0.15) is 0 Å². The molecule has 0 spiro atoms.